The first kappa shape index (κ1) is 18.6. The summed E-state index contributed by atoms with van der Waals surface area (Å²) in [4.78, 5) is 32.9. The number of carbonyl (C=O) groups excluding carboxylic acids is 1. The topological polar surface area (TPSA) is 96.0 Å². The standard InChI is InChI=1S/C21H20N6O2S/c1-11-12(2)30-21(23-11)26-20(28)14-5-4-6-15-17(14)25-18(24-15)13-9-16-19(22-10-13)27(3)7-8-29-16/h4-6,9-10H,7-8H2,1-3H3,(H,24,25)(H,23,26,28). The van der Waals surface area contributed by atoms with Crippen LogP contribution in [0.3, 0.4) is 0 Å². The number of nitrogens with one attached hydrogen (secondary N) is 2. The number of aromatic nitrogens is 4. The third-order valence-electron chi connectivity index (χ3n) is 5.16. The van der Waals surface area contributed by atoms with Crippen molar-refractivity contribution in [3.05, 3.63) is 46.6 Å². The highest BCUT2D eigenvalue weighted by Crippen LogP contribution is 2.33. The average Bonchev–Trinajstić information content (AvgIpc) is 3.30. The molecule has 9 heteroatoms. The molecule has 1 aliphatic heterocycles. The predicted octanol–water partition coefficient (Wildman–Crippen LogP) is 3.78. The zero-order chi connectivity index (χ0) is 20.8. The summed E-state index contributed by atoms with van der Waals surface area (Å²) in [5.74, 6) is 1.95. The number of hydrogen-bond donors (Lipinski definition) is 2. The summed E-state index contributed by atoms with van der Waals surface area (Å²) in [7, 11) is 1.99. The van der Waals surface area contributed by atoms with Gasteiger partial charge in [-0.15, -0.1) is 11.3 Å². The predicted molar refractivity (Wildman–Crippen MR) is 118 cm³/mol. The van der Waals surface area contributed by atoms with Crippen LogP contribution in [0.25, 0.3) is 22.4 Å². The number of aryl methyl sites for hydroxylation is 2. The summed E-state index contributed by atoms with van der Waals surface area (Å²) in [5, 5.41) is 3.47. The molecule has 4 aromatic rings. The monoisotopic (exact) mass is 420 g/mol. The van der Waals surface area contributed by atoms with Crippen molar-refractivity contribution in [2.24, 2.45) is 0 Å². The number of rotatable bonds is 3. The number of hydrogen-bond acceptors (Lipinski definition) is 7. The summed E-state index contributed by atoms with van der Waals surface area (Å²) in [6.07, 6.45) is 1.77. The zero-order valence-electron chi connectivity index (χ0n) is 16.8. The normalized spacial score (nSPS) is 13.2. The minimum Gasteiger partial charge on any atom is -0.488 e. The van der Waals surface area contributed by atoms with Crippen molar-refractivity contribution < 1.29 is 9.53 Å². The van der Waals surface area contributed by atoms with Gasteiger partial charge in [-0.05, 0) is 32.0 Å². The molecule has 0 radical (unpaired) electrons. The van der Waals surface area contributed by atoms with Crippen molar-refractivity contribution in [3.8, 4) is 17.1 Å². The molecule has 1 aliphatic rings. The van der Waals surface area contributed by atoms with E-state index in [1.165, 1.54) is 11.3 Å². The number of thiazole rings is 1. The van der Waals surface area contributed by atoms with Gasteiger partial charge >= 0.3 is 0 Å². The van der Waals surface area contributed by atoms with Crippen LogP contribution in [-0.4, -0.2) is 46.0 Å². The Morgan fingerprint density at radius 1 is 1.30 bits per heavy atom. The Bertz CT molecular complexity index is 1260. The summed E-state index contributed by atoms with van der Waals surface area (Å²) in [5.41, 5.74) is 3.59. The average molecular weight is 420 g/mol. The highest BCUT2D eigenvalue weighted by atomic mass is 32.1. The van der Waals surface area contributed by atoms with Gasteiger partial charge in [0.15, 0.2) is 16.7 Å². The van der Waals surface area contributed by atoms with E-state index >= 15 is 0 Å². The van der Waals surface area contributed by atoms with Crippen LogP contribution in [0, 0.1) is 13.8 Å². The minimum absolute atomic E-state index is 0.235. The fourth-order valence-electron chi connectivity index (χ4n) is 3.40. The van der Waals surface area contributed by atoms with Crippen LogP contribution in [0.1, 0.15) is 20.9 Å². The molecule has 5 rings (SSSR count). The van der Waals surface area contributed by atoms with Gasteiger partial charge in [-0.2, -0.15) is 0 Å². The Kier molecular flexibility index (Phi) is 4.39. The molecule has 3 aromatic heterocycles. The number of likely N-dealkylation sites (N-methyl/N-ethyl adjacent to an activating group) is 1. The van der Waals surface area contributed by atoms with E-state index in [0.29, 0.717) is 28.6 Å². The second-order valence-electron chi connectivity index (χ2n) is 7.22. The van der Waals surface area contributed by atoms with E-state index in [0.717, 1.165) is 39.8 Å². The quantitative estimate of drug-likeness (QED) is 0.524. The number of pyridine rings is 1. The summed E-state index contributed by atoms with van der Waals surface area (Å²) in [6.45, 7) is 5.34. The van der Waals surface area contributed by atoms with Gasteiger partial charge in [0.2, 0.25) is 0 Å². The van der Waals surface area contributed by atoms with Crippen LogP contribution in [0.2, 0.25) is 0 Å². The van der Waals surface area contributed by atoms with E-state index in [2.05, 4.69) is 25.2 Å². The lowest BCUT2D eigenvalue weighted by molar-refractivity contribution is 0.102. The molecule has 0 spiro atoms. The number of nitrogens with zero attached hydrogens (tertiary/aromatic N) is 4. The van der Waals surface area contributed by atoms with Crippen LogP contribution in [-0.2, 0) is 0 Å². The number of amides is 1. The van der Waals surface area contributed by atoms with Crippen molar-refractivity contribution >= 4 is 39.2 Å². The molecule has 0 saturated heterocycles. The van der Waals surface area contributed by atoms with E-state index in [1.807, 2.05) is 39.1 Å². The van der Waals surface area contributed by atoms with Gasteiger partial charge in [0.1, 0.15) is 17.9 Å². The molecule has 0 fully saturated rings. The second kappa shape index (κ2) is 7.10. The number of imidazole rings is 1. The fraction of sp³-hybridized carbons (Fsp3) is 0.238. The maximum absolute atomic E-state index is 12.9. The van der Waals surface area contributed by atoms with Crippen LogP contribution in [0.5, 0.6) is 5.75 Å². The third kappa shape index (κ3) is 3.17. The van der Waals surface area contributed by atoms with E-state index < -0.39 is 0 Å². The number of para-hydroxylation sites is 1. The number of aromatic amines is 1. The Morgan fingerprint density at radius 2 is 2.17 bits per heavy atom. The number of ether oxygens (including phenoxy) is 1. The first-order valence-electron chi connectivity index (χ1n) is 9.58. The molecule has 0 unspecified atom stereocenters. The number of benzene rings is 1. The molecule has 0 aliphatic carbocycles. The van der Waals surface area contributed by atoms with E-state index in [4.69, 9.17) is 9.72 Å². The van der Waals surface area contributed by atoms with Crippen LogP contribution < -0.4 is 15.0 Å². The van der Waals surface area contributed by atoms with E-state index in [1.54, 1.807) is 12.3 Å². The zero-order valence-corrected chi connectivity index (χ0v) is 17.6. The molecule has 0 atom stereocenters. The molecule has 4 heterocycles. The first-order valence-corrected chi connectivity index (χ1v) is 10.4. The Hall–Kier alpha value is -3.46. The molecule has 152 valence electrons. The van der Waals surface area contributed by atoms with E-state index in [-0.39, 0.29) is 5.91 Å². The molecule has 30 heavy (non-hydrogen) atoms. The van der Waals surface area contributed by atoms with Gasteiger partial charge in [0, 0.05) is 23.7 Å². The largest absolute Gasteiger partial charge is 0.488 e. The van der Waals surface area contributed by atoms with Crippen molar-refractivity contribution in [1.82, 2.24) is 19.9 Å². The van der Waals surface area contributed by atoms with Gasteiger partial charge in [0.05, 0.1) is 23.3 Å². The number of H-pyrrole nitrogens is 1. The lowest BCUT2D eigenvalue weighted by atomic mass is 10.2. The first-order chi connectivity index (χ1) is 14.5. The Labute approximate surface area is 177 Å². The maximum atomic E-state index is 12.9. The number of fused-ring (bicyclic) bond motifs is 2. The van der Waals surface area contributed by atoms with Crippen molar-refractivity contribution in [1.29, 1.82) is 0 Å². The van der Waals surface area contributed by atoms with Gasteiger partial charge < -0.3 is 14.6 Å². The molecule has 8 nitrogen and oxygen atoms in total. The van der Waals surface area contributed by atoms with Crippen molar-refractivity contribution in [2.75, 3.05) is 30.4 Å². The van der Waals surface area contributed by atoms with Gasteiger partial charge in [-0.1, -0.05) is 6.07 Å². The molecule has 2 N–H and O–H groups in total. The molecule has 0 saturated carbocycles. The van der Waals surface area contributed by atoms with Gasteiger partial charge in [0.25, 0.3) is 5.91 Å². The SMILES string of the molecule is Cc1nc(NC(=O)c2cccc3[nH]c(-c4cnc5c(c4)OCCN5C)nc23)sc1C. The highest BCUT2D eigenvalue weighted by Gasteiger charge is 2.20. The second-order valence-corrected chi connectivity index (χ2v) is 8.42. The highest BCUT2D eigenvalue weighted by molar-refractivity contribution is 7.15. The molecular weight excluding hydrogens is 400 g/mol. The Balaban J connectivity index is 1.50. The lowest BCUT2D eigenvalue weighted by Gasteiger charge is -2.26. The summed E-state index contributed by atoms with van der Waals surface area (Å²) >= 11 is 1.46. The molecule has 0 bridgehead atoms. The van der Waals surface area contributed by atoms with E-state index in [9.17, 15) is 4.79 Å². The van der Waals surface area contributed by atoms with Crippen LogP contribution in [0.15, 0.2) is 30.5 Å². The van der Waals surface area contributed by atoms with Crippen LogP contribution >= 0.6 is 11.3 Å². The maximum Gasteiger partial charge on any atom is 0.259 e. The van der Waals surface area contributed by atoms with Gasteiger partial charge in [-0.3, -0.25) is 10.1 Å². The van der Waals surface area contributed by atoms with Crippen molar-refractivity contribution in [2.45, 2.75) is 13.8 Å². The smallest absolute Gasteiger partial charge is 0.259 e. The summed E-state index contributed by atoms with van der Waals surface area (Å²) in [6, 6.07) is 7.42. The summed E-state index contributed by atoms with van der Waals surface area (Å²) < 4.78 is 5.75. The van der Waals surface area contributed by atoms with Crippen molar-refractivity contribution in [3.63, 3.8) is 0 Å². The Morgan fingerprint density at radius 3 is 2.97 bits per heavy atom. The number of carbonyl (C=O) groups is 1. The molecular formula is C21H20N6O2S. The molecule has 1 amide bonds. The van der Waals surface area contributed by atoms with Gasteiger partial charge in [-0.25, -0.2) is 15.0 Å². The molecule has 1 aromatic carbocycles. The third-order valence-corrected chi connectivity index (χ3v) is 6.15. The number of anilines is 2. The minimum atomic E-state index is -0.235. The van der Waals surface area contributed by atoms with Crippen LogP contribution in [0.4, 0.5) is 10.9 Å². The lowest BCUT2D eigenvalue weighted by Crippen LogP contribution is -2.29. The fourth-order valence-corrected chi connectivity index (χ4v) is 4.21.